The average molecular weight is 286 g/mol. The van der Waals surface area contributed by atoms with E-state index < -0.39 is 0 Å². The van der Waals surface area contributed by atoms with E-state index in [0.29, 0.717) is 21.9 Å². The highest BCUT2D eigenvalue weighted by atomic mass is 35.5. The van der Waals surface area contributed by atoms with Gasteiger partial charge in [-0.3, -0.25) is 4.90 Å². The maximum Gasteiger partial charge on any atom is 0.0595 e. The lowest BCUT2D eigenvalue weighted by Crippen LogP contribution is -2.39. The van der Waals surface area contributed by atoms with Gasteiger partial charge in [0, 0.05) is 24.5 Å². The zero-order chi connectivity index (χ0) is 13.5. The lowest BCUT2D eigenvalue weighted by molar-refractivity contribution is 0.168. The Morgan fingerprint density at radius 3 is 2.28 bits per heavy atom. The summed E-state index contributed by atoms with van der Waals surface area (Å²) < 4.78 is 0. The van der Waals surface area contributed by atoms with Gasteiger partial charge in [-0.05, 0) is 44.4 Å². The minimum Gasteiger partial charge on any atom is -0.298 e. The van der Waals surface area contributed by atoms with Crippen molar-refractivity contribution < 1.29 is 0 Å². The minimum atomic E-state index is 0.235. The molecular formula is C15H21Cl2N. The molecule has 18 heavy (non-hydrogen) atoms. The van der Waals surface area contributed by atoms with Crippen LogP contribution < -0.4 is 0 Å². The molecule has 1 aliphatic rings. The number of likely N-dealkylation sites (tertiary alicyclic amines) is 1. The molecule has 0 aromatic heterocycles. The van der Waals surface area contributed by atoms with E-state index in [9.17, 15) is 0 Å². The first-order valence-corrected chi connectivity index (χ1v) is 7.24. The van der Waals surface area contributed by atoms with Gasteiger partial charge in [0.15, 0.2) is 0 Å². The van der Waals surface area contributed by atoms with E-state index in [1.807, 2.05) is 12.1 Å². The van der Waals surface area contributed by atoms with E-state index in [4.69, 9.17) is 23.2 Å². The largest absolute Gasteiger partial charge is 0.298 e. The molecule has 1 saturated heterocycles. The normalized spacial score (nSPS) is 25.7. The number of halogens is 2. The van der Waals surface area contributed by atoms with E-state index in [0.717, 1.165) is 13.1 Å². The SMILES string of the molecule is C[C@@H]1CN(C(C)(C)C)C[C@H]1c1ccc(Cl)c(Cl)c1. The third-order valence-electron chi connectivity index (χ3n) is 3.93. The van der Waals surface area contributed by atoms with Crippen LogP contribution in [0.1, 0.15) is 39.2 Å². The van der Waals surface area contributed by atoms with Crippen molar-refractivity contribution in [2.24, 2.45) is 5.92 Å². The topological polar surface area (TPSA) is 3.24 Å². The quantitative estimate of drug-likeness (QED) is 0.715. The zero-order valence-electron chi connectivity index (χ0n) is 11.5. The molecule has 0 bridgehead atoms. The van der Waals surface area contributed by atoms with E-state index >= 15 is 0 Å². The Kier molecular flexibility index (Phi) is 3.96. The molecule has 1 fully saturated rings. The van der Waals surface area contributed by atoms with E-state index in [2.05, 4.69) is 38.7 Å². The second kappa shape index (κ2) is 5.03. The van der Waals surface area contributed by atoms with Gasteiger partial charge in [0.2, 0.25) is 0 Å². The summed E-state index contributed by atoms with van der Waals surface area (Å²) in [6.45, 7) is 11.4. The van der Waals surface area contributed by atoms with Crippen molar-refractivity contribution in [2.75, 3.05) is 13.1 Å². The van der Waals surface area contributed by atoms with Crippen LogP contribution in [0.5, 0.6) is 0 Å². The highest BCUT2D eigenvalue weighted by Gasteiger charge is 2.35. The first kappa shape index (κ1) is 14.2. The Hall–Kier alpha value is -0.240. The summed E-state index contributed by atoms with van der Waals surface area (Å²) in [6, 6.07) is 6.05. The molecule has 0 radical (unpaired) electrons. The van der Waals surface area contributed by atoms with Gasteiger partial charge in [-0.2, -0.15) is 0 Å². The standard InChI is InChI=1S/C15H21Cl2N/c1-10-8-18(15(2,3)4)9-12(10)11-5-6-13(16)14(17)7-11/h5-7,10,12H,8-9H2,1-4H3/t10-,12-/m1/s1. The molecule has 0 unspecified atom stereocenters. The first-order valence-electron chi connectivity index (χ1n) is 6.49. The molecule has 0 spiro atoms. The molecule has 1 heterocycles. The lowest BCUT2D eigenvalue weighted by atomic mass is 9.90. The summed E-state index contributed by atoms with van der Waals surface area (Å²) in [5.41, 5.74) is 1.54. The molecule has 2 rings (SSSR count). The molecule has 2 atom stereocenters. The highest BCUT2D eigenvalue weighted by molar-refractivity contribution is 6.42. The monoisotopic (exact) mass is 285 g/mol. The summed E-state index contributed by atoms with van der Waals surface area (Å²) in [7, 11) is 0. The maximum absolute atomic E-state index is 6.12. The summed E-state index contributed by atoms with van der Waals surface area (Å²) >= 11 is 12.1. The molecule has 0 N–H and O–H groups in total. The Balaban J connectivity index is 2.21. The van der Waals surface area contributed by atoms with Crippen LogP contribution in [0.25, 0.3) is 0 Å². The van der Waals surface area contributed by atoms with Crippen LogP contribution in [0.3, 0.4) is 0 Å². The molecule has 0 saturated carbocycles. The fourth-order valence-corrected chi connectivity index (χ4v) is 3.00. The number of nitrogens with zero attached hydrogens (tertiary/aromatic N) is 1. The molecule has 1 aliphatic heterocycles. The van der Waals surface area contributed by atoms with Crippen LogP contribution in [0.2, 0.25) is 10.0 Å². The zero-order valence-corrected chi connectivity index (χ0v) is 13.0. The average Bonchev–Trinajstić information content (AvgIpc) is 2.64. The van der Waals surface area contributed by atoms with Gasteiger partial charge < -0.3 is 0 Å². The van der Waals surface area contributed by atoms with Gasteiger partial charge in [0.05, 0.1) is 10.0 Å². The molecule has 1 aromatic rings. The summed E-state index contributed by atoms with van der Waals surface area (Å²) in [5.74, 6) is 1.21. The summed E-state index contributed by atoms with van der Waals surface area (Å²) in [5, 5.41) is 1.30. The molecule has 0 amide bonds. The Morgan fingerprint density at radius 2 is 1.78 bits per heavy atom. The summed E-state index contributed by atoms with van der Waals surface area (Å²) in [4.78, 5) is 2.55. The van der Waals surface area contributed by atoms with Gasteiger partial charge in [0.25, 0.3) is 0 Å². The smallest absolute Gasteiger partial charge is 0.0595 e. The molecule has 0 aliphatic carbocycles. The van der Waals surface area contributed by atoms with Gasteiger partial charge in [-0.15, -0.1) is 0 Å². The molecule has 1 aromatic carbocycles. The van der Waals surface area contributed by atoms with E-state index in [1.165, 1.54) is 5.56 Å². The van der Waals surface area contributed by atoms with Crippen molar-refractivity contribution in [3.8, 4) is 0 Å². The highest BCUT2D eigenvalue weighted by Crippen LogP contribution is 2.37. The van der Waals surface area contributed by atoms with Crippen molar-refractivity contribution in [2.45, 2.75) is 39.2 Å². The van der Waals surface area contributed by atoms with Crippen LogP contribution in [-0.4, -0.2) is 23.5 Å². The fourth-order valence-electron chi connectivity index (χ4n) is 2.69. The minimum absolute atomic E-state index is 0.235. The van der Waals surface area contributed by atoms with Crippen molar-refractivity contribution >= 4 is 23.2 Å². The Bertz CT molecular complexity index is 437. The van der Waals surface area contributed by atoms with E-state index in [1.54, 1.807) is 0 Å². The number of benzene rings is 1. The number of hydrogen-bond donors (Lipinski definition) is 0. The summed E-state index contributed by atoms with van der Waals surface area (Å²) in [6.07, 6.45) is 0. The predicted molar refractivity (Wildman–Crippen MR) is 79.7 cm³/mol. The fraction of sp³-hybridized carbons (Fsp3) is 0.600. The first-order chi connectivity index (χ1) is 8.29. The predicted octanol–water partition coefficient (Wildman–Crippen LogP) is 4.83. The number of hydrogen-bond acceptors (Lipinski definition) is 1. The van der Waals surface area contributed by atoms with Gasteiger partial charge in [0.1, 0.15) is 0 Å². The maximum atomic E-state index is 6.12. The van der Waals surface area contributed by atoms with Crippen LogP contribution in [-0.2, 0) is 0 Å². The Labute approximate surface area is 120 Å². The Morgan fingerprint density at radius 1 is 1.11 bits per heavy atom. The van der Waals surface area contributed by atoms with Crippen molar-refractivity contribution in [1.29, 1.82) is 0 Å². The van der Waals surface area contributed by atoms with E-state index in [-0.39, 0.29) is 5.54 Å². The molecule has 3 heteroatoms. The van der Waals surface area contributed by atoms with Crippen molar-refractivity contribution in [3.05, 3.63) is 33.8 Å². The van der Waals surface area contributed by atoms with Gasteiger partial charge in [-0.1, -0.05) is 36.2 Å². The van der Waals surface area contributed by atoms with Gasteiger partial charge >= 0.3 is 0 Å². The van der Waals surface area contributed by atoms with Crippen molar-refractivity contribution in [3.63, 3.8) is 0 Å². The van der Waals surface area contributed by atoms with Crippen LogP contribution in [0, 0.1) is 5.92 Å². The number of rotatable bonds is 1. The molecule has 100 valence electrons. The second-order valence-corrected chi connectivity index (χ2v) is 7.15. The molecule has 1 nitrogen and oxygen atoms in total. The third kappa shape index (κ3) is 2.84. The second-order valence-electron chi connectivity index (χ2n) is 6.33. The third-order valence-corrected chi connectivity index (χ3v) is 4.67. The van der Waals surface area contributed by atoms with Gasteiger partial charge in [-0.25, -0.2) is 0 Å². The van der Waals surface area contributed by atoms with Crippen molar-refractivity contribution in [1.82, 2.24) is 4.90 Å². The molecular weight excluding hydrogens is 265 g/mol. The van der Waals surface area contributed by atoms with Crippen LogP contribution >= 0.6 is 23.2 Å². The van der Waals surface area contributed by atoms with Crippen LogP contribution in [0.4, 0.5) is 0 Å². The van der Waals surface area contributed by atoms with Crippen LogP contribution in [0.15, 0.2) is 18.2 Å². The lowest BCUT2D eigenvalue weighted by Gasteiger charge is -2.31.